The van der Waals surface area contributed by atoms with E-state index in [9.17, 15) is 0 Å². The van der Waals surface area contributed by atoms with Gasteiger partial charge in [-0.25, -0.2) is 9.13 Å². The maximum Gasteiger partial charge on any atom is 0.256 e. The van der Waals surface area contributed by atoms with Gasteiger partial charge in [0.1, 0.15) is 12.4 Å². The number of hydrogen-bond acceptors (Lipinski definition) is 0. The van der Waals surface area contributed by atoms with Crippen molar-refractivity contribution in [2.45, 2.75) is 149 Å². The van der Waals surface area contributed by atoms with Crippen molar-refractivity contribution in [2.75, 3.05) is 0 Å². The molecule has 0 N–H and O–H groups in total. The highest BCUT2D eigenvalue weighted by Gasteiger charge is 2.17. The number of aromatic nitrogens is 2. The molecule has 0 saturated carbocycles. The molecule has 0 aliphatic heterocycles. The molecule has 0 aromatic carbocycles. The van der Waals surface area contributed by atoms with Crippen LogP contribution in [0.25, 0.3) is 0 Å². The predicted octanol–water partition coefficient (Wildman–Crippen LogP) is 8.18. The molecular formula is C26H51N2+. The van der Waals surface area contributed by atoms with E-state index in [4.69, 9.17) is 0 Å². The van der Waals surface area contributed by atoms with Gasteiger partial charge < -0.3 is 0 Å². The number of imidazole rings is 1. The number of rotatable bonds is 19. The van der Waals surface area contributed by atoms with E-state index in [0.717, 1.165) is 6.54 Å². The van der Waals surface area contributed by atoms with Gasteiger partial charge in [0.15, 0.2) is 0 Å². The summed E-state index contributed by atoms with van der Waals surface area (Å²) in [4.78, 5) is 0. The molecule has 1 rings (SSSR count). The van der Waals surface area contributed by atoms with E-state index >= 15 is 0 Å². The van der Waals surface area contributed by atoms with E-state index in [1.807, 2.05) is 0 Å². The van der Waals surface area contributed by atoms with Gasteiger partial charge in [0.2, 0.25) is 0 Å². The minimum atomic E-state index is 0.573. The summed E-state index contributed by atoms with van der Waals surface area (Å²) in [6, 6.07) is 0.573. The third-order valence-electron chi connectivity index (χ3n) is 6.19. The van der Waals surface area contributed by atoms with Gasteiger partial charge in [-0.15, -0.1) is 0 Å². The van der Waals surface area contributed by atoms with Gasteiger partial charge in [-0.3, -0.25) is 0 Å². The molecule has 28 heavy (non-hydrogen) atoms. The van der Waals surface area contributed by atoms with Gasteiger partial charge in [0.25, 0.3) is 5.82 Å². The van der Waals surface area contributed by atoms with Crippen LogP contribution in [0.5, 0.6) is 0 Å². The topological polar surface area (TPSA) is 8.81 Å². The van der Waals surface area contributed by atoms with Crippen molar-refractivity contribution in [3.8, 4) is 0 Å². The van der Waals surface area contributed by atoms with Crippen LogP contribution >= 0.6 is 0 Å². The Morgan fingerprint density at radius 1 is 0.679 bits per heavy atom. The Morgan fingerprint density at radius 3 is 1.50 bits per heavy atom. The van der Waals surface area contributed by atoms with E-state index in [-0.39, 0.29) is 0 Å². The van der Waals surface area contributed by atoms with Gasteiger partial charge in [-0.1, -0.05) is 103 Å². The zero-order valence-electron chi connectivity index (χ0n) is 19.9. The first-order chi connectivity index (χ1) is 13.7. The molecule has 1 aromatic heterocycles. The first kappa shape index (κ1) is 25.2. The molecule has 0 saturated heterocycles. The standard InChI is InChI=1S/C26H51N2/c1-5-7-8-9-10-11-12-13-14-15-16-17-18-19-20-21-22-26-27(6-2)23-24-28(26)25(3)4/h23-25H,5-22H2,1-4H3/q+1. The van der Waals surface area contributed by atoms with Crippen molar-refractivity contribution in [2.24, 2.45) is 0 Å². The Bertz CT molecular complexity index is 461. The summed E-state index contributed by atoms with van der Waals surface area (Å²) in [7, 11) is 0. The molecule has 0 bridgehead atoms. The Hall–Kier alpha value is -0.790. The smallest absolute Gasteiger partial charge is 0.235 e. The van der Waals surface area contributed by atoms with Crippen LogP contribution in [0.4, 0.5) is 0 Å². The van der Waals surface area contributed by atoms with Crippen LogP contribution in [0, 0.1) is 0 Å². The molecule has 0 unspecified atom stereocenters. The summed E-state index contributed by atoms with van der Waals surface area (Å²) < 4.78 is 4.87. The van der Waals surface area contributed by atoms with Crippen LogP contribution in [-0.4, -0.2) is 4.57 Å². The highest BCUT2D eigenvalue weighted by Crippen LogP contribution is 2.15. The van der Waals surface area contributed by atoms with Crippen molar-refractivity contribution >= 4 is 0 Å². The molecule has 164 valence electrons. The third kappa shape index (κ3) is 11.3. The zero-order valence-corrected chi connectivity index (χ0v) is 19.9. The highest BCUT2D eigenvalue weighted by molar-refractivity contribution is 4.86. The molecule has 2 nitrogen and oxygen atoms in total. The quantitative estimate of drug-likeness (QED) is 0.166. The van der Waals surface area contributed by atoms with E-state index in [1.165, 1.54) is 115 Å². The number of hydrogen-bond donors (Lipinski definition) is 0. The number of aryl methyl sites for hydroxylation is 1. The Kier molecular flexibility index (Phi) is 15.4. The average Bonchev–Trinajstić information content (AvgIpc) is 3.11. The fraction of sp³-hybridized carbons (Fsp3) is 0.885. The summed E-state index contributed by atoms with van der Waals surface area (Å²) in [6.45, 7) is 10.2. The predicted molar refractivity (Wildman–Crippen MR) is 124 cm³/mol. The molecule has 0 spiro atoms. The van der Waals surface area contributed by atoms with Gasteiger partial charge in [0.05, 0.1) is 12.6 Å². The van der Waals surface area contributed by atoms with E-state index in [1.54, 1.807) is 0 Å². The SMILES string of the molecule is CCCCCCCCCCCCCCCCCCc1n(C(C)C)cc[n+]1CC. The molecular weight excluding hydrogens is 340 g/mol. The molecule has 0 atom stereocenters. The maximum absolute atomic E-state index is 2.45. The average molecular weight is 392 g/mol. The van der Waals surface area contributed by atoms with E-state index < -0.39 is 0 Å². The van der Waals surface area contributed by atoms with Gasteiger partial charge >= 0.3 is 0 Å². The largest absolute Gasteiger partial charge is 0.256 e. The van der Waals surface area contributed by atoms with E-state index in [2.05, 4.69) is 49.2 Å². The molecule has 0 fully saturated rings. The second-order valence-electron chi connectivity index (χ2n) is 9.05. The first-order valence-corrected chi connectivity index (χ1v) is 12.8. The zero-order chi connectivity index (χ0) is 20.5. The lowest BCUT2D eigenvalue weighted by molar-refractivity contribution is -0.700. The molecule has 0 amide bonds. The van der Waals surface area contributed by atoms with Crippen molar-refractivity contribution < 1.29 is 4.57 Å². The fourth-order valence-electron chi connectivity index (χ4n) is 4.33. The second kappa shape index (κ2) is 17.1. The Morgan fingerprint density at radius 2 is 1.11 bits per heavy atom. The monoisotopic (exact) mass is 391 g/mol. The molecule has 0 aliphatic carbocycles. The van der Waals surface area contributed by atoms with Crippen molar-refractivity contribution in [1.82, 2.24) is 4.57 Å². The van der Waals surface area contributed by atoms with Gasteiger partial charge in [-0.2, -0.15) is 0 Å². The fourth-order valence-corrected chi connectivity index (χ4v) is 4.33. The normalized spacial score (nSPS) is 11.6. The lowest BCUT2D eigenvalue weighted by atomic mass is 10.0. The molecule has 1 aromatic rings. The van der Waals surface area contributed by atoms with Gasteiger partial charge in [0, 0.05) is 6.42 Å². The minimum absolute atomic E-state index is 0.573. The third-order valence-corrected chi connectivity index (χ3v) is 6.19. The number of nitrogens with zero attached hydrogens (tertiary/aromatic N) is 2. The molecule has 2 heteroatoms. The summed E-state index contributed by atoms with van der Waals surface area (Å²) >= 11 is 0. The molecule has 0 aliphatic rings. The van der Waals surface area contributed by atoms with Crippen LogP contribution < -0.4 is 4.57 Å². The van der Waals surface area contributed by atoms with Crippen LogP contribution in [0.15, 0.2) is 12.4 Å². The highest BCUT2D eigenvalue weighted by atomic mass is 15.2. The maximum atomic E-state index is 2.45. The lowest BCUT2D eigenvalue weighted by Gasteiger charge is -2.07. The second-order valence-corrected chi connectivity index (χ2v) is 9.05. The first-order valence-electron chi connectivity index (χ1n) is 12.8. The van der Waals surface area contributed by atoms with Crippen LogP contribution in [-0.2, 0) is 13.0 Å². The van der Waals surface area contributed by atoms with Crippen LogP contribution in [0.2, 0.25) is 0 Å². The number of unbranched alkanes of at least 4 members (excludes halogenated alkanes) is 15. The van der Waals surface area contributed by atoms with E-state index in [0.29, 0.717) is 6.04 Å². The van der Waals surface area contributed by atoms with Crippen LogP contribution in [0.1, 0.15) is 142 Å². The minimum Gasteiger partial charge on any atom is -0.235 e. The van der Waals surface area contributed by atoms with Crippen molar-refractivity contribution in [3.05, 3.63) is 18.2 Å². The van der Waals surface area contributed by atoms with Crippen molar-refractivity contribution in [1.29, 1.82) is 0 Å². The Labute approximate surface area is 177 Å². The molecule has 0 radical (unpaired) electrons. The summed E-state index contributed by atoms with van der Waals surface area (Å²) in [5.41, 5.74) is 0. The van der Waals surface area contributed by atoms with Crippen LogP contribution in [0.3, 0.4) is 0 Å². The van der Waals surface area contributed by atoms with Gasteiger partial charge in [-0.05, 0) is 27.2 Å². The van der Waals surface area contributed by atoms with Crippen molar-refractivity contribution in [3.63, 3.8) is 0 Å². The molecule has 1 heterocycles. The lowest BCUT2D eigenvalue weighted by Crippen LogP contribution is -2.36. The summed E-state index contributed by atoms with van der Waals surface area (Å²) in [5, 5.41) is 0. The summed E-state index contributed by atoms with van der Waals surface area (Å²) in [6.07, 6.45) is 28.8. The summed E-state index contributed by atoms with van der Waals surface area (Å²) in [5.74, 6) is 1.52. The Balaban J connectivity index is 1.90.